The second-order valence-electron chi connectivity index (χ2n) is 6.55. The van der Waals surface area contributed by atoms with Crippen LogP contribution in [-0.2, 0) is 45.7 Å². The van der Waals surface area contributed by atoms with Gasteiger partial charge < -0.3 is 0 Å². The van der Waals surface area contributed by atoms with Crippen molar-refractivity contribution in [2.45, 2.75) is 52.5 Å². The Morgan fingerprint density at radius 3 is 1.92 bits per heavy atom. The minimum absolute atomic E-state index is 0.0728. The molecule has 0 fully saturated rings. The van der Waals surface area contributed by atoms with Gasteiger partial charge in [0, 0.05) is 0 Å². The molecule has 0 aliphatic heterocycles. The van der Waals surface area contributed by atoms with Crippen LogP contribution < -0.4 is 0 Å². The first-order chi connectivity index (χ1) is 10.4. The van der Waals surface area contributed by atoms with Crippen molar-refractivity contribution in [3.05, 3.63) is 0 Å². The third-order valence-corrected chi connectivity index (χ3v) is 9.23. The topological polar surface area (TPSA) is 112 Å². The number of carbonyl (C=O) groups excluding carboxylic acids is 2. The predicted molar refractivity (Wildman–Crippen MR) is 69.9 cm³/mol. The Bertz CT molecular complexity index is 691. The van der Waals surface area contributed by atoms with Gasteiger partial charge in [-0.3, -0.25) is 0 Å². The van der Waals surface area contributed by atoms with E-state index >= 15 is 0 Å². The van der Waals surface area contributed by atoms with Crippen molar-refractivity contribution in [3.63, 3.8) is 0 Å². The Hall–Kier alpha value is -0.672. The van der Waals surface area contributed by atoms with Crippen LogP contribution in [0.25, 0.3) is 0 Å². The molecule has 0 atom stereocenters. The van der Waals surface area contributed by atoms with Gasteiger partial charge in [-0.15, -0.1) is 0 Å². The summed E-state index contributed by atoms with van der Waals surface area (Å²) in [6, 6.07) is 0. The first kappa shape index (κ1) is 23.3. The van der Waals surface area contributed by atoms with E-state index in [0.29, 0.717) is 12.7 Å². The van der Waals surface area contributed by atoms with Crippen molar-refractivity contribution in [2.24, 2.45) is 10.8 Å². The Morgan fingerprint density at radius 2 is 1.54 bits per heavy atom. The van der Waals surface area contributed by atoms with Gasteiger partial charge in [-0.2, -0.15) is 0 Å². The Balaban J connectivity index is 5.20. The number of rotatable bonds is 9. The molecule has 0 aromatic carbocycles. The van der Waals surface area contributed by atoms with E-state index in [1.54, 1.807) is 13.8 Å². The molecular formula is C12H19F3MoO7S. The maximum absolute atomic E-state index is 12.2. The molecule has 0 aromatic heterocycles. The molecule has 0 spiro atoms. The average molecular weight is 460 g/mol. The van der Waals surface area contributed by atoms with Crippen molar-refractivity contribution in [1.82, 2.24) is 0 Å². The number of hydrogen-bond acceptors (Lipinski definition) is 7. The molecule has 0 unspecified atom stereocenters. The summed E-state index contributed by atoms with van der Waals surface area (Å²) in [5.74, 6) is 0. The van der Waals surface area contributed by atoms with Crippen LogP contribution in [-0.4, -0.2) is 24.4 Å². The van der Waals surface area contributed by atoms with Gasteiger partial charge in [0.2, 0.25) is 0 Å². The fraction of sp³-hybridized carbons (Fsp3) is 0.833. The molecule has 0 heterocycles. The van der Waals surface area contributed by atoms with Crippen LogP contribution in [0.1, 0.15) is 47.0 Å². The normalized spacial score (nSPS) is 14.5. The second-order valence-corrected chi connectivity index (χ2v) is 12.2. The average Bonchev–Trinajstić information content (AvgIpc) is 2.34. The van der Waals surface area contributed by atoms with E-state index in [-0.39, 0.29) is 12.8 Å². The zero-order valence-corrected chi connectivity index (χ0v) is 16.3. The van der Waals surface area contributed by atoms with Crippen molar-refractivity contribution in [3.8, 4) is 0 Å². The predicted octanol–water partition coefficient (Wildman–Crippen LogP) is 2.56. The van der Waals surface area contributed by atoms with Crippen molar-refractivity contribution < 1.29 is 57.2 Å². The first-order valence-electron chi connectivity index (χ1n) is 6.66. The third-order valence-electron chi connectivity index (χ3n) is 3.18. The summed E-state index contributed by atoms with van der Waals surface area (Å²) >= 11 is -6.92. The molecule has 142 valence electrons. The summed E-state index contributed by atoms with van der Waals surface area (Å²) in [7, 11) is -6.42. The van der Waals surface area contributed by atoms with Gasteiger partial charge in [0.25, 0.3) is 0 Å². The number of halogens is 3. The molecular weight excluding hydrogens is 441 g/mol. The monoisotopic (exact) mass is 462 g/mol. The van der Waals surface area contributed by atoms with Crippen LogP contribution in [0, 0.1) is 10.8 Å². The Morgan fingerprint density at radius 1 is 1.08 bits per heavy atom. The molecule has 12 heteroatoms. The standard InChI is InChI=1S/C11H19O2.CHF3O3S.Mo.2O/c1-10(2,8-12)6-5-7-11(3,4)9-13;2-1(3,4)8(5,6)7;;;/h8H,5-7H2,1-4H3;(H,5,6,7);;;/q;;+1;;/p-1. The van der Waals surface area contributed by atoms with E-state index < -0.39 is 47.0 Å². The van der Waals surface area contributed by atoms with Crippen LogP contribution in [0.4, 0.5) is 13.2 Å². The molecule has 0 aliphatic carbocycles. The second kappa shape index (κ2) is 7.29. The summed E-state index contributed by atoms with van der Waals surface area (Å²) in [5, 5.41) is 0. The van der Waals surface area contributed by atoms with Gasteiger partial charge in [0.15, 0.2) is 0 Å². The molecule has 24 heavy (non-hydrogen) atoms. The third kappa shape index (κ3) is 6.33. The minimum atomic E-state index is -6.92. The molecule has 0 rings (SSSR count). The molecule has 0 saturated carbocycles. The fourth-order valence-electron chi connectivity index (χ4n) is 1.67. The van der Waals surface area contributed by atoms with Crippen molar-refractivity contribution in [1.29, 1.82) is 0 Å². The summed E-state index contributed by atoms with van der Waals surface area (Å²) in [5.41, 5.74) is -8.30. The van der Waals surface area contributed by atoms with Crippen LogP contribution in [0.2, 0.25) is 0 Å². The number of carbonyl (C=O) groups is 2. The van der Waals surface area contributed by atoms with E-state index in [1.807, 2.05) is 0 Å². The first-order valence-corrected chi connectivity index (χ1v) is 11.5. The van der Waals surface area contributed by atoms with E-state index in [4.69, 9.17) is 0 Å². The summed E-state index contributed by atoms with van der Waals surface area (Å²) in [6.07, 6.45) is 1.16. The number of hydrogen-bond donors (Lipinski definition) is 0. The maximum atomic E-state index is 12.2. The summed E-state index contributed by atoms with van der Waals surface area (Å²) in [4.78, 5) is 22.7. The molecule has 0 aliphatic rings. The molecule has 0 radical (unpaired) electrons. The van der Waals surface area contributed by atoms with E-state index in [2.05, 4.69) is 2.84 Å². The van der Waals surface area contributed by atoms with Crippen LogP contribution >= 0.6 is 0 Å². The molecule has 0 N–H and O–H groups in total. The van der Waals surface area contributed by atoms with Gasteiger partial charge >= 0.3 is 141 Å². The van der Waals surface area contributed by atoms with Gasteiger partial charge in [-0.1, -0.05) is 0 Å². The fourth-order valence-corrected chi connectivity index (χ4v) is 6.73. The van der Waals surface area contributed by atoms with Crippen LogP contribution in [0.5, 0.6) is 0 Å². The SMILES string of the molecule is CC(C)(C=O)CCCC(C)(C)[C](=O)[Mo](=[O])(=[O])[O]S(=O)(=O)C(F)(F)F. The summed E-state index contributed by atoms with van der Waals surface area (Å²) in [6.45, 7) is 5.56. The van der Waals surface area contributed by atoms with Crippen molar-refractivity contribution in [2.75, 3.05) is 0 Å². The molecule has 0 saturated heterocycles. The molecule has 0 bridgehead atoms. The number of alkyl halides is 3. The zero-order chi connectivity index (χ0) is 19.6. The number of aldehydes is 1. The zero-order valence-electron chi connectivity index (χ0n) is 13.5. The van der Waals surface area contributed by atoms with Crippen molar-refractivity contribution >= 4 is 20.6 Å². The molecule has 0 amide bonds. The molecule has 0 aromatic rings. The Labute approximate surface area is 141 Å². The van der Waals surface area contributed by atoms with E-state index in [0.717, 1.165) is 13.8 Å². The van der Waals surface area contributed by atoms with E-state index in [9.17, 15) is 38.0 Å². The van der Waals surface area contributed by atoms with Gasteiger partial charge in [0.05, 0.1) is 0 Å². The Kier molecular flexibility index (Phi) is 7.09. The summed E-state index contributed by atoms with van der Waals surface area (Å²) < 4.78 is 83.0. The van der Waals surface area contributed by atoms with Crippen LogP contribution in [0.3, 0.4) is 0 Å². The van der Waals surface area contributed by atoms with Gasteiger partial charge in [0.1, 0.15) is 0 Å². The van der Waals surface area contributed by atoms with Gasteiger partial charge in [-0.05, 0) is 0 Å². The van der Waals surface area contributed by atoms with Crippen LogP contribution in [0.15, 0.2) is 0 Å². The van der Waals surface area contributed by atoms with E-state index in [1.165, 1.54) is 0 Å². The quantitative estimate of drug-likeness (QED) is 0.295. The molecule has 7 nitrogen and oxygen atoms in total. The van der Waals surface area contributed by atoms with Gasteiger partial charge in [-0.25, -0.2) is 0 Å².